The highest BCUT2D eigenvalue weighted by molar-refractivity contribution is 7.62. The molecule has 0 aliphatic rings. The molecular formula is C33H51FNO4PSi. The van der Waals surface area contributed by atoms with Gasteiger partial charge in [-0.1, -0.05) is 60.6 Å². The van der Waals surface area contributed by atoms with Crippen LogP contribution < -0.4 is 0 Å². The summed E-state index contributed by atoms with van der Waals surface area (Å²) in [6.07, 6.45) is 3.54. The Hall–Kier alpha value is -1.92. The van der Waals surface area contributed by atoms with Gasteiger partial charge in [-0.3, -0.25) is 9.78 Å². The zero-order chi connectivity index (χ0) is 31.3. The first-order chi connectivity index (χ1) is 18.8. The second-order valence-corrected chi connectivity index (χ2v) is 21.9. The first-order valence-corrected chi connectivity index (χ1v) is 20.2. The van der Waals surface area contributed by atoms with E-state index in [4.69, 9.17) is 14.1 Å². The number of methoxy groups -OCH3 is 1. The van der Waals surface area contributed by atoms with Crippen LogP contribution in [0.5, 0.6) is 0 Å². The lowest BCUT2D eigenvalue weighted by Crippen LogP contribution is -2.45. The number of halogens is 1. The van der Waals surface area contributed by atoms with Crippen molar-refractivity contribution in [1.82, 2.24) is 4.98 Å². The summed E-state index contributed by atoms with van der Waals surface area (Å²) >= 11 is 0. The summed E-state index contributed by atoms with van der Waals surface area (Å²) in [5.41, 5.74) is 5.31. The maximum atomic E-state index is 13.9. The van der Waals surface area contributed by atoms with Crippen LogP contribution in [0, 0.1) is 5.82 Å². The minimum Gasteiger partial charge on any atom is -0.413 e. The van der Waals surface area contributed by atoms with Gasteiger partial charge in [0.1, 0.15) is 5.82 Å². The van der Waals surface area contributed by atoms with Gasteiger partial charge in [-0.05, 0) is 78.7 Å². The van der Waals surface area contributed by atoms with E-state index >= 15 is 0 Å². The van der Waals surface area contributed by atoms with Gasteiger partial charge in [0.25, 0.3) is 0 Å². The Morgan fingerprint density at radius 1 is 1.05 bits per heavy atom. The van der Waals surface area contributed by atoms with E-state index in [2.05, 4.69) is 61.6 Å². The van der Waals surface area contributed by atoms with Crippen LogP contribution in [-0.4, -0.2) is 51.8 Å². The molecule has 0 aliphatic heterocycles. The maximum absolute atomic E-state index is 13.9. The van der Waals surface area contributed by atoms with Gasteiger partial charge < -0.3 is 13.7 Å². The normalized spacial score (nSPS) is 13.9. The highest BCUT2D eigenvalue weighted by Crippen LogP contribution is 2.42. The number of carbonyl (C=O) groups excluding carboxylic acids is 1. The Bertz CT molecular complexity index is 1270. The molecule has 1 heterocycles. The lowest BCUT2D eigenvalue weighted by Gasteiger charge is -2.39. The van der Waals surface area contributed by atoms with E-state index in [1.807, 2.05) is 6.08 Å². The molecule has 0 saturated carbocycles. The van der Waals surface area contributed by atoms with Crippen molar-refractivity contribution >= 4 is 27.3 Å². The van der Waals surface area contributed by atoms with E-state index in [9.17, 15) is 13.8 Å². The minimum absolute atomic E-state index is 0.0343. The SMILES string of the molecule is COCc1c(C(C)C)nc(C(C)C)c(/C=C/C(=O)C[C@H](CP(C)(C)=O)O[Si](C)(C)C(C)(C)C)c1-c1ccc(F)cc1. The molecule has 0 N–H and O–H groups in total. The zero-order valence-corrected chi connectivity index (χ0v) is 29.1. The summed E-state index contributed by atoms with van der Waals surface area (Å²) in [7, 11) is -2.97. The third-order valence-corrected chi connectivity index (χ3v) is 13.5. The van der Waals surface area contributed by atoms with E-state index in [0.29, 0.717) is 12.8 Å². The zero-order valence-electron chi connectivity index (χ0n) is 27.2. The van der Waals surface area contributed by atoms with Gasteiger partial charge in [-0.15, -0.1) is 0 Å². The molecule has 2 rings (SSSR count). The topological polar surface area (TPSA) is 65.5 Å². The Balaban J connectivity index is 2.66. The molecule has 0 spiro atoms. The number of rotatable bonds is 13. The second-order valence-electron chi connectivity index (χ2n) is 13.7. The summed E-state index contributed by atoms with van der Waals surface area (Å²) in [6, 6.07) is 6.43. The average molecular weight is 604 g/mol. The fourth-order valence-corrected chi connectivity index (χ4v) is 7.37. The van der Waals surface area contributed by atoms with Crippen LogP contribution in [0.4, 0.5) is 4.39 Å². The van der Waals surface area contributed by atoms with Gasteiger partial charge in [0.15, 0.2) is 14.1 Å². The van der Waals surface area contributed by atoms with Gasteiger partial charge in [-0.25, -0.2) is 4.39 Å². The third kappa shape index (κ3) is 9.81. The number of hydrogen-bond acceptors (Lipinski definition) is 5. The number of aromatic nitrogens is 1. The summed E-state index contributed by atoms with van der Waals surface area (Å²) < 4.78 is 39.0. The predicted octanol–water partition coefficient (Wildman–Crippen LogP) is 9.27. The molecule has 228 valence electrons. The summed E-state index contributed by atoms with van der Waals surface area (Å²) in [5, 5.41) is -0.0343. The van der Waals surface area contributed by atoms with E-state index < -0.39 is 21.6 Å². The quantitative estimate of drug-likeness (QED) is 0.130. The van der Waals surface area contributed by atoms with Crippen LogP contribution in [0.2, 0.25) is 18.1 Å². The number of ketones is 1. The Morgan fingerprint density at radius 3 is 2.07 bits per heavy atom. The van der Waals surface area contributed by atoms with E-state index in [1.54, 1.807) is 38.6 Å². The van der Waals surface area contributed by atoms with E-state index in [-0.39, 0.29) is 34.9 Å². The first kappa shape index (κ1) is 35.3. The Labute approximate surface area is 248 Å². The lowest BCUT2D eigenvalue weighted by atomic mass is 9.87. The molecular weight excluding hydrogens is 552 g/mol. The summed E-state index contributed by atoms with van der Waals surface area (Å²) in [6.45, 7) is 23.0. The number of benzene rings is 1. The number of ether oxygens (including phenoxy) is 1. The van der Waals surface area contributed by atoms with Crippen LogP contribution in [0.25, 0.3) is 17.2 Å². The molecule has 0 fully saturated rings. The van der Waals surface area contributed by atoms with Gasteiger partial charge in [0.05, 0.1) is 25.5 Å². The number of pyridine rings is 1. The van der Waals surface area contributed by atoms with Gasteiger partial charge >= 0.3 is 0 Å². The second kappa shape index (κ2) is 14.0. The van der Waals surface area contributed by atoms with Crippen molar-refractivity contribution in [2.24, 2.45) is 0 Å². The molecule has 0 aliphatic carbocycles. The largest absolute Gasteiger partial charge is 0.413 e. The fraction of sp³-hybridized carbons (Fsp3) is 0.576. The molecule has 1 aromatic carbocycles. The van der Waals surface area contributed by atoms with Crippen LogP contribution in [0.3, 0.4) is 0 Å². The molecule has 8 heteroatoms. The van der Waals surface area contributed by atoms with Gasteiger partial charge in [0, 0.05) is 36.5 Å². The van der Waals surface area contributed by atoms with Gasteiger partial charge in [0.2, 0.25) is 0 Å². The van der Waals surface area contributed by atoms with Gasteiger partial charge in [-0.2, -0.15) is 0 Å². The van der Waals surface area contributed by atoms with E-state index in [1.165, 1.54) is 12.1 Å². The molecule has 0 radical (unpaired) electrons. The van der Waals surface area contributed by atoms with Crippen molar-refractivity contribution in [3.63, 3.8) is 0 Å². The molecule has 1 aromatic heterocycles. The smallest absolute Gasteiger partial charge is 0.192 e. The fourth-order valence-electron chi connectivity index (χ4n) is 4.70. The van der Waals surface area contributed by atoms with Crippen molar-refractivity contribution in [3.8, 4) is 11.1 Å². The summed E-state index contributed by atoms with van der Waals surface area (Å²) in [5.74, 6) is -0.182. The van der Waals surface area contributed by atoms with Crippen LogP contribution in [0.15, 0.2) is 30.3 Å². The third-order valence-electron chi connectivity index (χ3n) is 7.69. The van der Waals surface area contributed by atoms with Crippen LogP contribution in [0.1, 0.15) is 89.2 Å². The van der Waals surface area contributed by atoms with Crippen molar-refractivity contribution in [2.75, 3.05) is 26.6 Å². The lowest BCUT2D eigenvalue weighted by molar-refractivity contribution is -0.115. The molecule has 41 heavy (non-hydrogen) atoms. The highest BCUT2D eigenvalue weighted by Gasteiger charge is 2.40. The molecule has 2 aromatic rings. The number of hydrogen-bond donors (Lipinski definition) is 0. The van der Waals surface area contributed by atoms with E-state index in [0.717, 1.165) is 33.6 Å². The Kier molecular flexibility index (Phi) is 12.1. The van der Waals surface area contributed by atoms with Crippen LogP contribution in [-0.2, 0) is 25.1 Å². The molecule has 0 bridgehead atoms. The van der Waals surface area contributed by atoms with Crippen molar-refractivity contribution in [3.05, 3.63) is 58.7 Å². The maximum Gasteiger partial charge on any atom is 0.192 e. The highest BCUT2D eigenvalue weighted by atomic mass is 31.2. The number of nitrogens with zero attached hydrogens (tertiary/aromatic N) is 1. The number of carbonyl (C=O) groups is 1. The Morgan fingerprint density at radius 2 is 1.61 bits per heavy atom. The molecule has 0 unspecified atom stereocenters. The minimum atomic E-state index is -2.43. The predicted molar refractivity (Wildman–Crippen MR) is 174 cm³/mol. The molecule has 5 nitrogen and oxygen atoms in total. The summed E-state index contributed by atoms with van der Waals surface area (Å²) in [4.78, 5) is 18.6. The molecule has 0 saturated heterocycles. The molecule has 1 atom stereocenters. The van der Waals surface area contributed by atoms with Crippen molar-refractivity contribution in [2.45, 2.75) is 97.6 Å². The van der Waals surface area contributed by atoms with Crippen molar-refractivity contribution < 1.29 is 22.9 Å². The monoisotopic (exact) mass is 603 g/mol. The van der Waals surface area contributed by atoms with Crippen LogP contribution >= 0.6 is 7.14 Å². The standard InChI is InChI=1S/C33H51FNO4PSi/c1-22(2)31-28(18-17-26(36)19-27(21-40(9,10)37)39-41(11,12)33(5,6)7)30(24-13-15-25(34)16-14-24)29(20-38-8)32(35-31)23(3)4/h13-18,22-23,27H,19-21H2,1-12H3/b18-17+/t27-/m1/s1. The van der Waals surface area contributed by atoms with Crippen molar-refractivity contribution in [1.29, 1.82) is 0 Å². The first-order valence-electron chi connectivity index (χ1n) is 14.5. The molecule has 0 amide bonds. The number of allylic oxidation sites excluding steroid dienone is 1. The average Bonchev–Trinajstić information content (AvgIpc) is 2.81.